The second kappa shape index (κ2) is 46.0. The lowest BCUT2D eigenvalue weighted by molar-refractivity contribution is -0.143. The molecule has 4 rings (SSSR count). The number of nitrogens with one attached hydrogen (secondary N) is 12. The van der Waals surface area contributed by atoms with Gasteiger partial charge >= 0.3 is 5.97 Å². The fourth-order valence-corrected chi connectivity index (χ4v) is 12.0. The van der Waals surface area contributed by atoms with Crippen molar-refractivity contribution in [2.45, 2.75) is 217 Å². The number of nitrogens with two attached hydrogens (primary N) is 5. The molecule has 35 heteroatoms. The Kier molecular flexibility index (Phi) is 38.4. The molecule has 0 aliphatic carbocycles. The minimum atomic E-state index is -1.89. The smallest absolute Gasteiger partial charge is 0.326 e. The fourth-order valence-electron chi connectivity index (χ4n) is 12.0. The van der Waals surface area contributed by atoms with Gasteiger partial charge in [-0.1, -0.05) is 90.4 Å². The first kappa shape index (κ1) is 88.4. The zero-order valence-corrected chi connectivity index (χ0v) is 61.6. The number of nitrogens with zero attached hydrogens (tertiary/aromatic N) is 2. The molecule has 2 aliphatic rings. The zero-order valence-electron chi connectivity index (χ0n) is 61.6. The summed E-state index contributed by atoms with van der Waals surface area (Å²) in [7, 11) is 0. The summed E-state index contributed by atoms with van der Waals surface area (Å²) in [5.74, 6) is -13.5. The van der Waals surface area contributed by atoms with E-state index < -0.39 is 175 Å². The lowest BCUT2D eigenvalue weighted by Gasteiger charge is -2.31. The highest BCUT2D eigenvalue weighted by Gasteiger charge is 2.42. The van der Waals surface area contributed by atoms with Crippen LogP contribution in [0.2, 0.25) is 0 Å². The first-order valence-electron chi connectivity index (χ1n) is 36.4. The van der Waals surface area contributed by atoms with Gasteiger partial charge in [-0.3, -0.25) is 67.3 Å². The Bertz CT molecular complexity index is 3300. The summed E-state index contributed by atoms with van der Waals surface area (Å²) in [6.45, 7) is 9.54. The minimum absolute atomic E-state index is 0.0100. The maximum Gasteiger partial charge on any atom is 0.326 e. The van der Waals surface area contributed by atoms with E-state index in [0.717, 1.165) is 0 Å². The lowest BCUT2D eigenvalue weighted by atomic mass is 9.97. The average molecular weight is 1490 g/mol. The zero-order chi connectivity index (χ0) is 78.6. The maximum atomic E-state index is 15.1. The fraction of sp³-hybridized carbons (Fsp3) is 0.620. The van der Waals surface area contributed by atoms with Crippen LogP contribution in [0.4, 0.5) is 0 Å². The third-order valence-electron chi connectivity index (χ3n) is 18.0. The highest BCUT2D eigenvalue weighted by molar-refractivity contribution is 6.00. The van der Waals surface area contributed by atoms with E-state index in [1.54, 1.807) is 84.0 Å². The molecule has 0 bridgehead atoms. The van der Waals surface area contributed by atoms with Crippen LogP contribution in [-0.4, -0.2) is 216 Å². The van der Waals surface area contributed by atoms with Crippen molar-refractivity contribution in [3.63, 3.8) is 0 Å². The number of hydrogen-bond acceptors (Lipinski definition) is 19. The van der Waals surface area contributed by atoms with Gasteiger partial charge in [0.1, 0.15) is 66.2 Å². The number of aliphatic carboxylic acids is 1. The molecule has 0 saturated carbocycles. The molecule has 2 fully saturated rings. The summed E-state index contributed by atoms with van der Waals surface area (Å²) >= 11 is 0. The molecule has 2 aromatic carbocycles. The van der Waals surface area contributed by atoms with Crippen LogP contribution in [-0.2, 0) is 80.0 Å². The van der Waals surface area contributed by atoms with E-state index in [0.29, 0.717) is 49.8 Å². The third kappa shape index (κ3) is 31.3. The van der Waals surface area contributed by atoms with Crippen LogP contribution >= 0.6 is 0 Å². The molecule has 2 heterocycles. The number of carboxylic acids is 1. The molecular weight excluding hydrogens is 1370 g/mol. The number of likely N-dealkylation sites (tertiary alicyclic amines) is 1. The average Bonchev–Trinajstić information content (AvgIpc) is 1.63. The van der Waals surface area contributed by atoms with Crippen LogP contribution in [0.25, 0.3) is 0 Å². The Morgan fingerprint density at radius 3 is 1.81 bits per heavy atom. The Morgan fingerprint density at radius 2 is 1.21 bits per heavy atom. The molecule has 0 radical (unpaired) electrons. The van der Waals surface area contributed by atoms with Gasteiger partial charge in [-0.25, -0.2) is 4.79 Å². The van der Waals surface area contributed by atoms with Crippen LogP contribution < -0.4 is 92.5 Å². The van der Waals surface area contributed by atoms with Gasteiger partial charge in [0.25, 0.3) is 0 Å². The Morgan fingerprint density at radius 1 is 0.623 bits per heavy atom. The van der Waals surface area contributed by atoms with Crippen LogP contribution in [0.3, 0.4) is 0 Å². The van der Waals surface area contributed by atoms with E-state index in [9.17, 15) is 72.5 Å². The first-order chi connectivity index (χ1) is 50.3. The Labute approximate surface area is 618 Å². The molecule has 35 nitrogen and oxygen atoms in total. The normalized spacial score (nSPS) is 19.2. The lowest BCUT2D eigenvalue weighted by Crippen LogP contribution is -2.60. The molecule has 2 aromatic rings. The molecule has 12 atom stereocenters. The van der Waals surface area contributed by atoms with Crippen molar-refractivity contribution in [2.24, 2.45) is 51.4 Å². The molecule has 0 unspecified atom stereocenters. The number of phenols is 1. The van der Waals surface area contributed by atoms with Crippen LogP contribution in [0.15, 0.2) is 59.6 Å². The molecule has 24 N–H and O–H groups in total. The van der Waals surface area contributed by atoms with Gasteiger partial charge in [0.05, 0.1) is 25.6 Å². The number of benzene rings is 2. The summed E-state index contributed by atoms with van der Waals surface area (Å²) in [5.41, 5.74) is 29.9. The number of aromatic hydroxyl groups is 1. The molecule has 0 spiro atoms. The molecule has 0 aromatic heterocycles. The molecule has 2 saturated heterocycles. The van der Waals surface area contributed by atoms with E-state index in [-0.39, 0.29) is 120 Å². The number of carbonyl (C=O) groups excluding carboxylic acids is 13. The highest BCUT2D eigenvalue weighted by atomic mass is 16.4. The summed E-state index contributed by atoms with van der Waals surface area (Å²) in [6.07, 6.45) is 1.20. The van der Waals surface area contributed by atoms with Crippen molar-refractivity contribution in [3.8, 4) is 5.75 Å². The standard InChI is InChI=1S/C71H113N19O16/c1-7-42(6)59-68(103)77-31-27-49(69(104)90-32-16-22-55(90)67(102)84-47(19-11-13-28-72)61(96)86-51(33-40(2)3)63(98)85-50(70(105)106)20-12-14-29-73)81-56(92)37-54(66(101)83-48(62(97)89-59)21-15-30-78-71(75)76)88-64(99)52(34-41(4)5)87-65(100)53(36-43-17-9-8-10-18-43)82-58(94)39-79-57(93)38-80-60(95)46(74)35-44-23-25-45(91)26-24-44/h8-10,17-18,23-26,40-42,46-55,59,91H,7,11-16,19-22,27-39,72-74H2,1-6H3,(H,77,103)(H,79,93)(H,80,95)(H,81,92)(H,82,94)(H,83,101)(H,84,102)(H,85,98)(H,86,96)(H,87,100)(H,88,99)(H,89,97)(H,105,106)(H4,75,76,78)/t42-,46-,47-,48-,49-,50-,51-,52-,53-,54-,55-,59+/m0/s1. The number of carboxylic acid groups (broad SMARTS) is 1. The van der Waals surface area contributed by atoms with Gasteiger partial charge in [-0.2, -0.15) is 0 Å². The minimum Gasteiger partial charge on any atom is -0.508 e. The number of aliphatic imine (C=N–C) groups is 1. The van der Waals surface area contributed by atoms with Crippen LogP contribution in [0.1, 0.15) is 149 Å². The predicted octanol–water partition coefficient (Wildman–Crippen LogP) is -3.46. The van der Waals surface area contributed by atoms with Crippen molar-refractivity contribution in [1.29, 1.82) is 0 Å². The summed E-state index contributed by atoms with van der Waals surface area (Å²) in [6, 6.07) is -0.623. The van der Waals surface area contributed by atoms with Gasteiger partial charge in [-0.05, 0) is 144 Å². The molecule has 106 heavy (non-hydrogen) atoms. The summed E-state index contributed by atoms with van der Waals surface area (Å²) < 4.78 is 0. The number of carbonyl (C=O) groups is 14. The van der Waals surface area contributed by atoms with Crippen molar-refractivity contribution < 1.29 is 77.3 Å². The van der Waals surface area contributed by atoms with E-state index in [4.69, 9.17) is 28.7 Å². The maximum absolute atomic E-state index is 15.1. The number of amides is 13. The molecule has 588 valence electrons. The van der Waals surface area contributed by atoms with Crippen molar-refractivity contribution in [1.82, 2.24) is 68.7 Å². The predicted molar refractivity (Wildman–Crippen MR) is 392 cm³/mol. The number of rotatable bonds is 40. The van der Waals surface area contributed by atoms with Gasteiger partial charge in [0.15, 0.2) is 5.96 Å². The number of phenolic OH excluding ortho intramolecular Hbond substituents is 1. The van der Waals surface area contributed by atoms with Gasteiger partial charge in [0, 0.05) is 26.1 Å². The molecule has 13 amide bonds. The van der Waals surface area contributed by atoms with Gasteiger partial charge in [0.2, 0.25) is 76.8 Å². The van der Waals surface area contributed by atoms with Crippen LogP contribution in [0.5, 0.6) is 5.75 Å². The van der Waals surface area contributed by atoms with E-state index in [1.165, 1.54) is 17.0 Å². The molecular formula is C71H113N19O16. The number of guanidine groups is 1. The van der Waals surface area contributed by atoms with Gasteiger partial charge < -0.3 is 108 Å². The van der Waals surface area contributed by atoms with E-state index >= 15 is 4.79 Å². The topological polar surface area (TPSA) is 569 Å². The Hall–Kier alpha value is -10.0. The second-order valence-electron chi connectivity index (χ2n) is 27.7. The number of hydrogen-bond donors (Lipinski definition) is 19. The second-order valence-corrected chi connectivity index (χ2v) is 27.7. The Balaban J connectivity index is 1.68. The van der Waals surface area contributed by atoms with Crippen molar-refractivity contribution >= 4 is 88.7 Å². The third-order valence-corrected chi connectivity index (χ3v) is 18.0. The van der Waals surface area contributed by atoms with E-state index in [2.05, 4.69) is 68.8 Å². The largest absolute Gasteiger partial charge is 0.508 e. The SMILES string of the molecule is CC[C@H](C)[C@H]1NC(=O)[C@H](CCCN=C(N)N)NC(=O)[C@@H](NC(=O)[C@H](CC(C)C)NC(=O)[C@H](Cc2ccccc2)NC(=O)CNC(=O)CNC(=O)[C@@H](N)Cc2ccc(O)cc2)CC(=O)N[C@H](C(=O)N2CCC[C@H]2C(=O)N[C@@H](CCCCN)C(=O)N[C@@H](CC(C)C)C(=O)N[C@@H](CCCCN)C(=O)O)CCNC1=O. The van der Waals surface area contributed by atoms with Crippen molar-refractivity contribution in [3.05, 3.63) is 65.7 Å². The van der Waals surface area contributed by atoms with E-state index in [1.807, 2.05) is 0 Å². The van der Waals surface area contributed by atoms with Gasteiger partial charge in [-0.15, -0.1) is 0 Å². The quantitative estimate of drug-likeness (QED) is 0.0175. The van der Waals surface area contributed by atoms with Crippen LogP contribution in [0, 0.1) is 17.8 Å². The number of unbranched alkanes of at least 4 members (excludes halogenated alkanes) is 2. The first-order valence-corrected chi connectivity index (χ1v) is 36.4. The molecule has 2 aliphatic heterocycles. The summed E-state index contributed by atoms with van der Waals surface area (Å²) in [4.78, 5) is 202. The summed E-state index contributed by atoms with van der Waals surface area (Å²) in [5, 5.41) is 51.0. The monoisotopic (exact) mass is 1490 g/mol. The van der Waals surface area contributed by atoms with Crippen molar-refractivity contribution in [2.75, 3.05) is 45.8 Å². The highest BCUT2D eigenvalue weighted by Crippen LogP contribution is 2.22.